The van der Waals surface area contributed by atoms with Crippen molar-refractivity contribution < 1.29 is 49.7 Å². The first kappa shape index (κ1) is 26.7. The third-order valence-electron chi connectivity index (χ3n) is 10.1. The van der Waals surface area contributed by atoms with Gasteiger partial charge in [-0.2, -0.15) is 8.78 Å². The monoisotopic (exact) mass is 554 g/mol. The molecule has 1 saturated heterocycles. The minimum Gasteiger partial charge on any atom is -0.365 e. The van der Waals surface area contributed by atoms with E-state index in [0.29, 0.717) is 19.1 Å². The molecule has 0 amide bonds. The summed E-state index contributed by atoms with van der Waals surface area (Å²) in [5, 5.41) is 11.3. The SMILES string of the molecule is CC12COC(O)(C3C=C(F)C(C4C=C(F)C(C(F)(F)OC5C=C(F)C(F)C(F)C5)C(F)C4)CC3)C3C[C@]31C2. The van der Waals surface area contributed by atoms with E-state index < -0.39 is 90.5 Å². The van der Waals surface area contributed by atoms with Crippen LogP contribution in [0.1, 0.15) is 45.4 Å². The third-order valence-corrected chi connectivity index (χ3v) is 10.1. The Kier molecular flexibility index (Phi) is 6.00. The number of alkyl halides is 5. The zero-order chi connectivity index (χ0) is 27.4. The number of rotatable bonds is 5. The van der Waals surface area contributed by atoms with Gasteiger partial charge < -0.3 is 14.6 Å². The van der Waals surface area contributed by atoms with Gasteiger partial charge in [-0.05, 0) is 67.1 Å². The Balaban J connectivity index is 1.15. The smallest absolute Gasteiger partial charge is 0.365 e. The fourth-order valence-electron chi connectivity index (χ4n) is 7.74. The van der Waals surface area contributed by atoms with Gasteiger partial charge in [0.15, 0.2) is 12.0 Å². The molecule has 0 aromatic rings. The van der Waals surface area contributed by atoms with Crippen molar-refractivity contribution in [3.8, 4) is 0 Å². The molecule has 0 aromatic carbocycles. The van der Waals surface area contributed by atoms with Gasteiger partial charge in [0, 0.05) is 24.2 Å². The van der Waals surface area contributed by atoms with Crippen molar-refractivity contribution in [2.45, 2.75) is 82.0 Å². The first-order chi connectivity index (χ1) is 17.7. The van der Waals surface area contributed by atoms with Gasteiger partial charge in [-0.25, -0.2) is 26.3 Å². The van der Waals surface area contributed by atoms with Gasteiger partial charge in [-0.15, -0.1) is 0 Å². The molecule has 11 heteroatoms. The van der Waals surface area contributed by atoms with Gasteiger partial charge in [-0.1, -0.05) is 6.92 Å². The average molecular weight is 555 g/mol. The lowest BCUT2D eigenvalue weighted by molar-refractivity contribution is -0.294. The van der Waals surface area contributed by atoms with Crippen LogP contribution in [-0.4, -0.2) is 48.2 Å². The first-order valence-corrected chi connectivity index (χ1v) is 13.2. The summed E-state index contributed by atoms with van der Waals surface area (Å²) in [5.74, 6) is -10.7. The van der Waals surface area contributed by atoms with Crippen LogP contribution < -0.4 is 0 Å². The zero-order valence-electron chi connectivity index (χ0n) is 20.7. The molecule has 0 bridgehead atoms. The van der Waals surface area contributed by atoms with Crippen LogP contribution in [0.25, 0.3) is 0 Å². The van der Waals surface area contributed by atoms with Crippen molar-refractivity contribution in [1.29, 1.82) is 0 Å². The summed E-state index contributed by atoms with van der Waals surface area (Å²) in [4.78, 5) is 0. The van der Waals surface area contributed by atoms with Crippen LogP contribution in [0.15, 0.2) is 35.7 Å². The quantitative estimate of drug-likeness (QED) is 0.383. The molecular weight excluding hydrogens is 524 g/mol. The number of halogens is 8. The average Bonchev–Trinajstić information content (AvgIpc) is 3.70. The molecule has 0 aromatic heterocycles. The topological polar surface area (TPSA) is 38.7 Å². The van der Waals surface area contributed by atoms with Crippen molar-refractivity contribution in [2.75, 3.05) is 6.61 Å². The Morgan fingerprint density at radius 2 is 1.71 bits per heavy atom. The molecule has 6 aliphatic rings. The molecule has 212 valence electrons. The highest BCUT2D eigenvalue weighted by Crippen LogP contribution is 2.86. The Bertz CT molecular complexity index is 1090. The highest BCUT2D eigenvalue weighted by atomic mass is 19.3. The largest absolute Gasteiger partial charge is 0.368 e. The molecule has 2 saturated carbocycles. The van der Waals surface area contributed by atoms with Crippen molar-refractivity contribution >= 4 is 0 Å². The summed E-state index contributed by atoms with van der Waals surface area (Å²) >= 11 is 0. The second kappa shape index (κ2) is 8.52. The van der Waals surface area contributed by atoms with Crippen LogP contribution in [0.3, 0.4) is 0 Å². The molecule has 11 unspecified atom stereocenters. The summed E-state index contributed by atoms with van der Waals surface area (Å²) in [6.45, 7) is 2.50. The lowest BCUT2D eigenvalue weighted by atomic mass is 9.71. The van der Waals surface area contributed by atoms with Crippen LogP contribution in [0.5, 0.6) is 0 Å². The maximum absolute atomic E-state index is 15.3. The Hall–Kier alpha value is -1.46. The molecule has 1 heterocycles. The maximum Gasteiger partial charge on any atom is 0.368 e. The molecule has 3 fully saturated rings. The first-order valence-electron chi connectivity index (χ1n) is 13.2. The Labute approximate surface area is 214 Å². The normalized spacial score (nSPS) is 52.3. The highest BCUT2D eigenvalue weighted by molar-refractivity contribution is 5.32. The molecule has 12 atom stereocenters. The van der Waals surface area contributed by atoms with Crippen LogP contribution in [0, 0.1) is 40.4 Å². The number of hydrogen-bond donors (Lipinski definition) is 1. The molecule has 1 aliphatic heterocycles. The minimum atomic E-state index is -4.49. The minimum absolute atomic E-state index is 0.0525. The molecule has 6 rings (SSSR count). The maximum atomic E-state index is 15.3. The molecule has 38 heavy (non-hydrogen) atoms. The van der Waals surface area contributed by atoms with Crippen molar-refractivity contribution in [1.82, 2.24) is 0 Å². The molecule has 1 N–H and O–H groups in total. The van der Waals surface area contributed by atoms with E-state index in [9.17, 15) is 35.8 Å². The summed E-state index contributed by atoms with van der Waals surface area (Å²) in [7, 11) is 0. The number of hydrogen-bond acceptors (Lipinski definition) is 3. The number of ether oxygens (including phenoxy) is 2. The highest BCUT2D eigenvalue weighted by Gasteiger charge is 2.85. The van der Waals surface area contributed by atoms with E-state index in [1.165, 1.54) is 6.08 Å². The fraction of sp³-hybridized carbons (Fsp3) is 0.778. The van der Waals surface area contributed by atoms with Crippen LogP contribution in [0.2, 0.25) is 0 Å². The van der Waals surface area contributed by atoms with Crippen molar-refractivity contribution in [3.05, 3.63) is 35.7 Å². The summed E-state index contributed by atoms with van der Waals surface area (Å²) < 4.78 is 125. The van der Waals surface area contributed by atoms with Gasteiger partial charge in [0.1, 0.15) is 35.7 Å². The van der Waals surface area contributed by atoms with E-state index in [-0.39, 0.29) is 23.2 Å². The number of aliphatic hydroxyl groups is 1. The van der Waals surface area contributed by atoms with Gasteiger partial charge in [0.25, 0.3) is 0 Å². The predicted molar refractivity (Wildman–Crippen MR) is 119 cm³/mol. The summed E-state index contributed by atoms with van der Waals surface area (Å²) in [6.07, 6.45) is -10.9. The van der Waals surface area contributed by atoms with E-state index in [1.807, 2.05) is 0 Å². The zero-order valence-corrected chi connectivity index (χ0v) is 20.7. The van der Waals surface area contributed by atoms with E-state index in [4.69, 9.17) is 4.74 Å². The summed E-state index contributed by atoms with van der Waals surface area (Å²) in [5.41, 5.74) is 0.106. The predicted octanol–water partition coefficient (Wildman–Crippen LogP) is 6.74. The van der Waals surface area contributed by atoms with Crippen molar-refractivity contribution in [2.24, 2.45) is 40.4 Å². The van der Waals surface area contributed by atoms with Gasteiger partial charge >= 0.3 is 6.11 Å². The number of allylic oxidation sites excluding steroid dienone is 3. The van der Waals surface area contributed by atoms with Crippen molar-refractivity contribution in [3.63, 3.8) is 0 Å². The lowest BCUT2D eigenvalue weighted by Crippen LogP contribution is -2.48. The molecule has 3 nitrogen and oxygen atoms in total. The van der Waals surface area contributed by atoms with Gasteiger partial charge in [-0.3, -0.25) is 0 Å². The molecule has 0 radical (unpaired) electrons. The summed E-state index contributed by atoms with van der Waals surface area (Å²) in [6, 6.07) is 0. The van der Waals surface area contributed by atoms with Gasteiger partial charge in [0.2, 0.25) is 0 Å². The van der Waals surface area contributed by atoms with E-state index in [1.54, 1.807) is 0 Å². The van der Waals surface area contributed by atoms with E-state index >= 15 is 4.39 Å². The van der Waals surface area contributed by atoms with Crippen LogP contribution in [0.4, 0.5) is 35.1 Å². The fourth-order valence-corrected chi connectivity index (χ4v) is 7.74. The molecule has 1 spiro atoms. The molecule has 5 aliphatic carbocycles. The molecular formula is C27H30F8O3. The van der Waals surface area contributed by atoms with E-state index in [0.717, 1.165) is 18.9 Å². The van der Waals surface area contributed by atoms with Crippen LogP contribution >= 0.6 is 0 Å². The third kappa shape index (κ3) is 3.92. The van der Waals surface area contributed by atoms with E-state index in [2.05, 4.69) is 11.7 Å². The second-order valence-electron chi connectivity index (χ2n) is 12.4. The Morgan fingerprint density at radius 3 is 2.37 bits per heavy atom. The standard InChI is InChI=1S/C27H30F8O3/c1-24-10-25(24)9-21(25)26(36,37-11-24)13-2-3-15(16(28)6-13)12-4-17(29)22(18(30)5-12)27(34,35)38-14-7-19(31)23(33)20(32)8-14/h4,6-7,12-15,18,20-23,36H,2-3,5,8-11H2,1H3/t12?,13?,14?,15?,18?,20?,21?,22?,23?,24?,25-,26?/m0/s1. The van der Waals surface area contributed by atoms with Crippen LogP contribution in [-0.2, 0) is 9.47 Å². The lowest BCUT2D eigenvalue weighted by Gasteiger charge is -2.43. The van der Waals surface area contributed by atoms with Gasteiger partial charge in [0.05, 0.1) is 12.7 Å². The Morgan fingerprint density at radius 1 is 0.974 bits per heavy atom. The second-order valence-corrected chi connectivity index (χ2v) is 12.4.